The van der Waals surface area contributed by atoms with E-state index in [-0.39, 0.29) is 44.5 Å². The Hall–Kier alpha value is -1.98. The van der Waals surface area contributed by atoms with Crippen molar-refractivity contribution in [3.63, 3.8) is 0 Å². The van der Waals surface area contributed by atoms with Gasteiger partial charge in [0.15, 0.2) is 0 Å². The third-order valence-electron chi connectivity index (χ3n) is 7.28. The summed E-state index contributed by atoms with van der Waals surface area (Å²) in [4.78, 5) is 43.1. The molecule has 1 aromatic rings. The highest BCUT2D eigenvalue weighted by Crippen LogP contribution is 2.37. The molecule has 4 amide bonds. The maximum atomic E-state index is 13.1. The van der Waals surface area contributed by atoms with Crippen LogP contribution < -0.4 is 5.32 Å². The molecule has 0 bridgehead atoms. The average molecular weight is 497 g/mol. The zero-order valence-electron chi connectivity index (χ0n) is 19.4. The van der Waals surface area contributed by atoms with Crippen molar-refractivity contribution in [2.75, 3.05) is 32.7 Å². The lowest BCUT2D eigenvalue weighted by Crippen LogP contribution is -2.53. The fraction of sp³-hybridized carbons (Fsp3) is 0.682. The van der Waals surface area contributed by atoms with Crippen LogP contribution in [0.15, 0.2) is 11.0 Å². The average Bonchev–Trinajstić information content (AvgIpc) is 3.25. The minimum Gasteiger partial charge on any atom is -0.338 e. The van der Waals surface area contributed by atoms with Crippen LogP contribution in [0.2, 0.25) is 0 Å². The van der Waals surface area contributed by atoms with Gasteiger partial charge in [-0.05, 0) is 51.5 Å². The van der Waals surface area contributed by atoms with E-state index in [0.29, 0.717) is 23.7 Å². The molecule has 4 rings (SSSR count). The number of aryl methyl sites for hydroxylation is 2. The van der Waals surface area contributed by atoms with E-state index in [2.05, 4.69) is 12.2 Å². The smallest absolute Gasteiger partial charge is 0.325 e. The van der Waals surface area contributed by atoms with E-state index in [0.717, 1.165) is 33.9 Å². The van der Waals surface area contributed by atoms with Gasteiger partial charge in [-0.1, -0.05) is 13.3 Å². The number of carbonyl (C=O) groups excluding carboxylic acids is 3. The van der Waals surface area contributed by atoms with E-state index >= 15 is 0 Å². The number of urea groups is 1. The van der Waals surface area contributed by atoms with Gasteiger partial charge in [0.2, 0.25) is 15.9 Å². The van der Waals surface area contributed by atoms with Gasteiger partial charge < -0.3 is 10.2 Å². The number of thiophene rings is 1. The van der Waals surface area contributed by atoms with E-state index in [1.165, 1.54) is 20.5 Å². The lowest BCUT2D eigenvalue weighted by Gasteiger charge is -2.35. The molecule has 9 nitrogen and oxygen atoms in total. The van der Waals surface area contributed by atoms with Crippen molar-refractivity contribution in [2.45, 2.75) is 63.3 Å². The summed E-state index contributed by atoms with van der Waals surface area (Å²) in [6, 6.07) is 1.18. The van der Waals surface area contributed by atoms with Crippen LogP contribution >= 0.6 is 11.3 Å². The van der Waals surface area contributed by atoms with Crippen molar-refractivity contribution in [3.05, 3.63) is 15.8 Å². The Bertz CT molecular complexity index is 1050. The Kier molecular flexibility index (Phi) is 6.58. The Morgan fingerprint density at radius 2 is 1.79 bits per heavy atom. The van der Waals surface area contributed by atoms with Crippen LogP contribution in [0.5, 0.6) is 0 Å². The molecule has 3 fully saturated rings. The van der Waals surface area contributed by atoms with Gasteiger partial charge >= 0.3 is 6.03 Å². The SMILES string of the molecule is CCC1CCC2(CC1)NC(=O)N(CC(=O)N1CCN(S(=O)(=O)c3cc(C)sc3C)CC1)C2=O. The number of rotatable bonds is 5. The predicted molar refractivity (Wildman–Crippen MR) is 124 cm³/mol. The number of amides is 4. The van der Waals surface area contributed by atoms with Crippen LogP contribution in [0.4, 0.5) is 4.79 Å². The Morgan fingerprint density at radius 3 is 2.33 bits per heavy atom. The lowest BCUT2D eigenvalue weighted by molar-refractivity contribution is -0.140. The molecule has 11 heteroatoms. The normalized spacial score (nSPS) is 26.8. The number of nitrogens with zero attached hydrogens (tertiary/aromatic N) is 3. The predicted octanol–water partition coefficient (Wildman–Crippen LogP) is 2.09. The molecule has 1 spiro atoms. The third kappa shape index (κ3) is 4.42. The molecule has 3 heterocycles. The van der Waals surface area contributed by atoms with Gasteiger partial charge in [-0.3, -0.25) is 14.5 Å². The number of carbonyl (C=O) groups is 3. The van der Waals surface area contributed by atoms with Gasteiger partial charge in [0, 0.05) is 35.9 Å². The highest BCUT2D eigenvalue weighted by molar-refractivity contribution is 7.89. The van der Waals surface area contributed by atoms with Crippen LogP contribution in [0.1, 0.15) is 48.8 Å². The number of hydrogen-bond acceptors (Lipinski definition) is 6. The molecule has 0 unspecified atom stereocenters. The van der Waals surface area contributed by atoms with E-state index < -0.39 is 21.6 Å². The Labute approximate surface area is 199 Å². The molecule has 33 heavy (non-hydrogen) atoms. The van der Waals surface area contributed by atoms with Gasteiger partial charge in [-0.25, -0.2) is 13.2 Å². The van der Waals surface area contributed by atoms with E-state index in [9.17, 15) is 22.8 Å². The standard InChI is InChI=1S/C22H32N4O5S2/c1-4-17-5-7-22(8-6-17)20(28)26(21(29)23-22)14-19(27)24-9-11-25(12-10-24)33(30,31)18-13-15(2)32-16(18)3/h13,17H,4-12,14H2,1-3H3,(H,23,29). The first-order valence-corrected chi connectivity index (χ1v) is 13.8. The lowest BCUT2D eigenvalue weighted by atomic mass is 9.75. The van der Waals surface area contributed by atoms with Crippen LogP contribution in [-0.2, 0) is 19.6 Å². The zero-order valence-corrected chi connectivity index (χ0v) is 21.1. The number of hydrogen-bond donors (Lipinski definition) is 1. The van der Waals surface area contributed by atoms with Crippen molar-refractivity contribution >= 4 is 39.2 Å². The van der Waals surface area contributed by atoms with Crippen LogP contribution in [-0.4, -0.2) is 78.6 Å². The van der Waals surface area contributed by atoms with Crippen molar-refractivity contribution in [2.24, 2.45) is 5.92 Å². The maximum absolute atomic E-state index is 13.1. The topological polar surface area (TPSA) is 107 Å². The van der Waals surface area contributed by atoms with Gasteiger partial charge in [0.1, 0.15) is 12.1 Å². The van der Waals surface area contributed by atoms with E-state index in [1.54, 1.807) is 13.0 Å². The summed E-state index contributed by atoms with van der Waals surface area (Å²) in [5, 5.41) is 2.85. The number of imide groups is 1. The summed E-state index contributed by atoms with van der Waals surface area (Å²) in [7, 11) is -3.61. The molecule has 2 saturated heterocycles. The molecule has 182 valence electrons. The minimum absolute atomic E-state index is 0.185. The number of piperazine rings is 1. The fourth-order valence-electron chi connectivity index (χ4n) is 5.15. The van der Waals surface area contributed by atoms with Crippen molar-refractivity contribution in [1.82, 2.24) is 19.4 Å². The Morgan fingerprint density at radius 1 is 1.15 bits per heavy atom. The summed E-state index contributed by atoms with van der Waals surface area (Å²) in [6.07, 6.45) is 4.07. The van der Waals surface area contributed by atoms with Gasteiger partial charge in [0.25, 0.3) is 5.91 Å². The maximum Gasteiger partial charge on any atom is 0.325 e. The monoisotopic (exact) mass is 496 g/mol. The molecule has 1 aromatic heterocycles. The van der Waals surface area contributed by atoms with Crippen LogP contribution in [0, 0.1) is 19.8 Å². The summed E-state index contributed by atoms with van der Waals surface area (Å²) in [5.41, 5.74) is -0.869. The van der Waals surface area contributed by atoms with E-state index in [1.807, 2.05) is 6.92 Å². The first kappa shape index (κ1) is 24.2. The second-order valence-corrected chi connectivity index (χ2v) is 12.7. The largest absolute Gasteiger partial charge is 0.338 e. The summed E-state index contributed by atoms with van der Waals surface area (Å²) in [6.45, 7) is 6.33. The highest BCUT2D eigenvalue weighted by atomic mass is 32.2. The molecule has 0 atom stereocenters. The molecule has 2 aliphatic heterocycles. The van der Waals surface area contributed by atoms with E-state index in [4.69, 9.17) is 0 Å². The minimum atomic E-state index is -3.61. The molecule has 0 radical (unpaired) electrons. The fourth-order valence-corrected chi connectivity index (χ4v) is 8.10. The first-order chi connectivity index (χ1) is 15.6. The first-order valence-electron chi connectivity index (χ1n) is 11.6. The van der Waals surface area contributed by atoms with Gasteiger partial charge in [-0.2, -0.15) is 4.31 Å². The Balaban J connectivity index is 1.35. The second-order valence-electron chi connectivity index (χ2n) is 9.32. The molecule has 0 aromatic carbocycles. The number of sulfonamides is 1. The highest BCUT2D eigenvalue weighted by Gasteiger charge is 2.52. The van der Waals surface area contributed by atoms with Crippen molar-refractivity contribution < 1.29 is 22.8 Å². The van der Waals surface area contributed by atoms with Gasteiger partial charge in [-0.15, -0.1) is 11.3 Å². The third-order valence-corrected chi connectivity index (χ3v) is 10.4. The molecular formula is C22H32N4O5S2. The quantitative estimate of drug-likeness (QED) is 0.628. The number of nitrogens with one attached hydrogen (secondary N) is 1. The van der Waals surface area contributed by atoms with Gasteiger partial charge in [0.05, 0.1) is 4.90 Å². The molecule has 1 N–H and O–H groups in total. The zero-order chi connectivity index (χ0) is 24.0. The molecule has 1 saturated carbocycles. The second kappa shape index (κ2) is 8.99. The molecular weight excluding hydrogens is 464 g/mol. The summed E-state index contributed by atoms with van der Waals surface area (Å²) < 4.78 is 27.4. The molecule has 3 aliphatic rings. The van der Waals surface area contributed by atoms with Crippen molar-refractivity contribution in [3.8, 4) is 0 Å². The molecule has 1 aliphatic carbocycles. The van der Waals surface area contributed by atoms with Crippen molar-refractivity contribution in [1.29, 1.82) is 0 Å². The summed E-state index contributed by atoms with van der Waals surface area (Å²) >= 11 is 1.45. The summed E-state index contributed by atoms with van der Waals surface area (Å²) in [5.74, 6) is -0.0670. The van der Waals surface area contributed by atoms with Crippen LogP contribution in [0.3, 0.4) is 0 Å². The van der Waals surface area contributed by atoms with Crippen LogP contribution in [0.25, 0.3) is 0 Å².